The van der Waals surface area contributed by atoms with Crippen molar-refractivity contribution in [3.63, 3.8) is 0 Å². The first-order chi connectivity index (χ1) is 9.70. The third-order valence-electron chi connectivity index (χ3n) is 4.03. The van der Waals surface area contributed by atoms with Gasteiger partial charge in [-0.05, 0) is 50.3 Å². The summed E-state index contributed by atoms with van der Waals surface area (Å²) in [7, 11) is 0. The fourth-order valence-electron chi connectivity index (χ4n) is 2.91. The van der Waals surface area contributed by atoms with Crippen molar-refractivity contribution >= 4 is 11.6 Å². The lowest BCUT2D eigenvalue weighted by Gasteiger charge is -2.26. The molecule has 0 spiro atoms. The predicted octanol–water partition coefficient (Wildman–Crippen LogP) is 2.83. The van der Waals surface area contributed by atoms with Crippen LogP contribution in [-0.2, 0) is 6.42 Å². The second-order valence-electron chi connectivity index (χ2n) is 5.55. The number of carbonyl (C=O) groups excluding carboxylic acids is 1. The van der Waals surface area contributed by atoms with Crippen LogP contribution in [0.15, 0.2) is 18.3 Å². The molecule has 0 N–H and O–H groups in total. The monoisotopic (exact) mass is 271 g/mol. The summed E-state index contributed by atoms with van der Waals surface area (Å²) in [5.74, 6) is 0.137. The van der Waals surface area contributed by atoms with Gasteiger partial charge in [-0.3, -0.25) is 9.20 Å². The number of amides is 1. The van der Waals surface area contributed by atoms with E-state index in [1.54, 1.807) is 0 Å². The fourth-order valence-corrected chi connectivity index (χ4v) is 2.91. The van der Waals surface area contributed by atoms with Crippen molar-refractivity contribution in [3.8, 4) is 0 Å². The number of aromatic nitrogens is 2. The van der Waals surface area contributed by atoms with Gasteiger partial charge in [0.05, 0.1) is 5.69 Å². The van der Waals surface area contributed by atoms with Crippen molar-refractivity contribution < 1.29 is 4.79 Å². The van der Waals surface area contributed by atoms with E-state index in [-0.39, 0.29) is 5.91 Å². The maximum absolute atomic E-state index is 12.8. The van der Waals surface area contributed by atoms with Crippen molar-refractivity contribution in [1.29, 1.82) is 0 Å². The van der Waals surface area contributed by atoms with Gasteiger partial charge in [0.2, 0.25) is 0 Å². The average molecular weight is 271 g/mol. The van der Waals surface area contributed by atoms with Crippen LogP contribution in [0.3, 0.4) is 0 Å². The Morgan fingerprint density at radius 1 is 1.30 bits per heavy atom. The Balaban J connectivity index is 2.06. The number of fused-ring (bicyclic) bond motifs is 1. The highest BCUT2D eigenvalue weighted by molar-refractivity contribution is 5.94. The van der Waals surface area contributed by atoms with E-state index in [1.165, 1.54) is 12.0 Å². The lowest BCUT2D eigenvalue weighted by atomic mass is 10.1. The molecule has 0 aromatic carbocycles. The van der Waals surface area contributed by atoms with Gasteiger partial charge in [-0.25, -0.2) is 4.98 Å². The lowest BCUT2D eigenvalue weighted by Crippen LogP contribution is -2.36. The van der Waals surface area contributed by atoms with Gasteiger partial charge in [0, 0.05) is 19.3 Å². The summed E-state index contributed by atoms with van der Waals surface area (Å²) in [6.45, 7) is 5.86. The molecule has 1 fully saturated rings. The molecule has 3 rings (SSSR count). The summed E-state index contributed by atoms with van der Waals surface area (Å²) in [4.78, 5) is 19.4. The fraction of sp³-hybridized carbons (Fsp3) is 0.500. The first kappa shape index (κ1) is 13.2. The van der Waals surface area contributed by atoms with Crippen LogP contribution in [0.2, 0.25) is 0 Å². The maximum Gasteiger partial charge on any atom is 0.272 e. The highest BCUT2D eigenvalue weighted by Gasteiger charge is 2.24. The number of nitrogens with zero attached hydrogens (tertiary/aromatic N) is 3. The van der Waals surface area contributed by atoms with Crippen molar-refractivity contribution in [2.24, 2.45) is 0 Å². The SMILES string of the molecule is CCc1nc2cc(C)ccn2c1C(=O)N1CCCCC1. The van der Waals surface area contributed by atoms with E-state index in [1.807, 2.05) is 34.6 Å². The second-order valence-corrected chi connectivity index (χ2v) is 5.55. The Morgan fingerprint density at radius 2 is 2.05 bits per heavy atom. The van der Waals surface area contributed by atoms with Crippen LogP contribution in [0.4, 0.5) is 0 Å². The first-order valence-corrected chi connectivity index (χ1v) is 7.47. The van der Waals surface area contributed by atoms with Crippen LogP contribution in [0.25, 0.3) is 5.65 Å². The number of piperidine rings is 1. The molecule has 4 heteroatoms. The van der Waals surface area contributed by atoms with Crippen LogP contribution in [0, 0.1) is 6.92 Å². The molecule has 0 atom stereocenters. The predicted molar refractivity (Wildman–Crippen MR) is 79.1 cm³/mol. The number of rotatable bonds is 2. The third-order valence-corrected chi connectivity index (χ3v) is 4.03. The quantitative estimate of drug-likeness (QED) is 0.842. The zero-order valence-corrected chi connectivity index (χ0v) is 12.2. The minimum atomic E-state index is 0.137. The molecule has 2 aromatic rings. The molecule has 3 heterocycles. The summed E-state index contributed by atoms with van der Waals surface area (Å²) in [5, 5.41) is 0. The molecule has 0 unspecified atom stereocenters. The molecular formula is C16H21N3O. The van der Waals surface area contributed by atoms with Crippen molar-refractivity contribution in [1.82, 2.24) is 14.3 Å². The molecule has 0 saturated carbocycles. The third kappa shape index (κ3) is 2.19. The van der Waals surface area contributed by atoms with E-state index < -0.39 is 0 Å². The molecule has 4 nitrogen and oxygen atoms in total. The second kappa shape index (κ2) is 5.27. The number of aryl methyl sites for hydroxylation is 2. The number of likely N-dealkylation sites (tertiary alicyclic amines) is 1. The summed E-state index contributed by atoms with van der Waals surface area (Å²) < 4.78 is 1.95. The molecule has 1 amide bonds. The van der Waals surface area contributed by atoms with Crippen LogP contribution >= 0.6 is 0 Å². The Morgan fingerprint density at radius 3 is 2.75 bits per heavy atom. The molecule has 106 valence electrons. The minimum absolute atomic E-state index is 0.137. The van der Waals surface area contributed by atoms with Gasteiger partial charge in [-0.2, -0.15) is 0 Å². The van der Waals surface area contributed by atoms with E-state index in [9.17, 15) is 4.79 Å². The van der Waals surface area contributed by atoms with Gasteiger partial charge < -0.3 is 4.90 Å². The van der Waals surface area contributed by atoms with Gasteiger partial charge in [0.1, 0.15) is 11.3 Å². The highest BCUT2D eigenvalue weighted by atomic mass is 16.2. The van der Waals surface area contributed by atoms with Gasteiger partial charge >= 0.3 is 0 Å². The van der Waals surface area contributed by atoms with Crippen molar-refractivity contribution in [3.05, 3.63) is 35.3 Å². The number of hydrogen-bond acceptors (Lipinski definition) is 2. The first-order valence-electron chi connectivity index (χ1n) is 7.47. The van der Waals surface area contributed by atoms with Gasteiger partial charge in [0.15, 0.2) is 0 Å². The largest absolute Gasteiger partial charge is 0.337 e. The number of hydrogen-bond donors (Lipinski definition) is 0. The van der Waals surface area contributed by atoms with Crippen LogP contribution in [-0.4, -0.2) is 33.3 Å². The van der Waals surface area contributed by atoms with Crippen molar-refractivity contribution in [2.75, 3.05) is 13.1 Å². The van der Waals surface area contributed by atoms with E-state index in [2.05, 4.69) is 11.9 Å². The summed E-state index contributed by atoms with van der Waals surface area (Å²) >= 11 is 0. The molecule has 1 aliphatic heterocycles. The normalized spacial score (nSPS) is 15.8. The van der Waals surface area contributed by atoms with E-state index >= 15 is 0 Å². The molecule has 0 bridgehead atoms. The summed E-state index contributed by atoms with van der Waals surface area (Å²) in [6.07, 6.45) is 6.21. The zero-order valence-electron chi connectivity index (χ0n) is 12.2. The van der Waals surface area contributed by atoms with Crippen LogP contribution < -0.4 is 0 Å². The smallest absolute Gasteiger partial charge is 0.272 e. The number of pyridine rings is 1. The van der Waals surface area contributed by atoms with Crippen molar-refractivity contribution in [2.45, 2.75) is 39.5 Å². The number of imidazole rings is 1. The minimum Gasteiger partial charge on any atom is -0.337 e. The Kier molecular flexibility index (Phi) is 3.47. The van der Waals surface area contributed by atoms with Gasteiger partial charge in [0.25, 0.3) is 5.91 Å². The summed E-state index contributed by atoms with van der Waals surface area (Å²) in [6, 6.07) is 4.06. The maximum atomic E-state index is 12.8. The molecular weight excluding hydrogens is 250 g/mol. The van der Waals surface area contributed by atoms with E-state index in [4.69, 9.17) is 0 Å². The standard InChI is InChI=1S/C16H21N3O/c1-3-13-15(16(20)18-8-5-4-6-9-18)19-10-7-12(2)11-14(19)17-13/h7,10-11H,3-6,8-9H2,1-2H3. The van der Waals surface area contributed by atoms with E-state index in [0.717, 1.165) is 49.4 Å². The van der Waals surface area contributed by atoms with E-state index in [0.29, 0.717) is 0 Å². The lowest BCUT2D eigenvalue weighted by molar-refractivity contribution is 0.0716. The van der Waals surface area contributed by atoms with Gasteiger partial charge in [-0.1, -0.05) is 6.92 Å². The van der Waals surface area contributed by atoms with Gasteiger partial charge in [-0.15, -0.1) is 0 Å². The Labute approximate surface area is 119 Å². The summed E-state index contributed by atoms with van der Waals surface area (Å²) in [5.41, 5.74) is 3.71. The molecule has 20 heavy (non-hydrogen) atoms. The number of carbonyl (C=O) groups is 1. The Hall–Kier alpha value is -1.84. The zero-order chi connectivity index (χ0) is 14.1. The average Bonchev–Trinajstić information content (AvgIpc) is 2.84. The molecule has 1 aliphatic rings. The molecule has 0 aliphatic carbocycles. The molecule has 0 radical (unpaired) electrons. The van der Waals surface area contributed by atoms with Crippen LogP contribution in [0.1, 0.15) is 47.9 Å². The van der Waals surface area contributed by atoms with Crippen LogP contribution in [0.5, 0.6) is 0 Å². The molecule has 2 aromatic heterocycles. The Bertz CT molecular complexity index is 638. The molecule has 1 saturated heterocycles. The highest BCUT2D eigenvalue weighted by Crippen LogP contribution is 2.19. The topological polar surface area (TPSA) is 37.6 Å².